The van der Waals surface area contributed by atoms with Gasteiger partial charge in [-0.2, -0.15) is 4.31 Å². The number of piperazine rings is 1. The highest BCUT2D eigenvalue weighted by Crippen LogP contribution is 2.33. The van der Waals surface area contributed by atoms with Gasteiger partial charge in [0.25, 0.3) is 5.91 Å². The molecule has 5 rings (SSSR count). The lowest BCUT2D eigenvalue weighted by Crippen LogP contribution is -2.48. The molecule has 0 aliphatic carbocycles. The number of carbonyl (C=O) groups is 1. The van der Waals surface area contributed by atoms with Crippen molar-refractivity contribution in [2.24, 2.45) is 0 Å². The molecule has 9 nitrogen and oxygen atoms in total. The number of amides is 1. The van der Waals surface area contributed by atoms with Crippen molar-refractivity contribution >= 4 is 52.5 Å². The van der Waals surface area contributed by atoms with Gasteiger partial charge in [-0.25, -0.2) is 21.8 Å². The molecule has 204 valence electrons. The van der Waals surface area contributed by atoms with E-state index in [1.54, 1.807) is 29.2 Å². The fourth-order valence-corrected chi connectivity index (χ4v) is 7.60. The molecule has 0 spiro atoms. The minimum Gasteiger partial charge on any atom is -0.345 e. The molecule has 0 atom stereocenters. The molecule has 12 heteroatoms. The molecule has 1 aromatic heterocycles. The Bertz CT molecular complexity index is 1710. The van der Waals surface area contributed by atoms with Crippen molar-refractivity contribution in [3.8, 4) is 0 Å². The third-order valence-electron chi connectivity index (χ3n) is 6.67. The van der Waals surface area contributed by atoms with Gasteiger partial charge in [0.2, 0.25) is 10.0 Å². The van der Waals surface area contributed by atoms with Gasteiger partial charge in [-0.05, 0) is 42.0 Å². The smallest absolute Gasteiger partial charge is 0.253 e. The van der Waals surface area contributed by atoms with Gasteiger partial charge in [0, 0.05) is 51.6 Å². The lowest BCUT2D eigenvalue weighted by atomic mass is 10.2. The normalized spacial score (nSPS) is 14.7. The number of aromatic nitrogens is 1. The molecule has 1 fully saturated rings. The number of benzene rings is 3. The fourth-order valence-electron chi connectivity index (χ4n) is 4.50. The average Bonchev–Trinajstić information content (AvgIpc) is 3.37. The van der Waals surface area contributed by atoms with Gasteiger partial charge >= 0.3 is 0 Å². The highest BCUT2D eigenvalue weighted by molar-refractivity contribution is 7.91. The molecule has 0 saturated carbocycles. The van der Waals surface area contributed by atoms with Gasteiger partial charge in [0.05, 0.1) is 14.5 Å². The Morgan fingerprint density at radius 3 is 2.21 bits per heavy atom. The van der Waals surface area contributed by atoms with Gasteiger partial charge in [0.1, 0.15) is 5.52 Å². The predicted molar refractivity (Wildman–Crippen MR) is 152 cm³/mol. The Morgan fingerprint density at radius 2 is 1.56 bits per heavy atom. The highest BCUT2D eigenvalue weighted by atomic mass is 32.2. The second-order valence-corrected chi connectivity index (χ2v) is 14.5. The first-order valence-electron chi connectivity index (χ1n) is 12.3. The number of hydrogen-bond donors (Lipinski definition) is 0. The van der Waals surface area contributed by atoms with Crippen LogP contribution in [0.5, 0.6) is 0 Å². The number of sulfone groups is 1. The number of anilines is 1. The van der Waals surface area contributed by atoms with Gasteiger partial charge < -0.3 is 9.80 Å². The van der Waals surface area contributed by atoms with E-state index in [-0.39, 0.29) is 22.2 Å². The maximum atomic E-state index is 13.1. The van der Waals surface area contributed by atoms with E-state index in [1.807, 2.05) is 36.4 Å². The zero-order valence-corrected chi connectivity index (χ0v) is 24.0. The third-order valence-corrected chi connectivity index (χ3v) is 10.7. The van der Waals surface area contributed by atoms with E-state index < -0.39 is 19.9 Å². The Morgan fingerprint density at radius 1 is 0.897 bits per heavy atom. The van der Waals surface area contributed by atoms with E-state index in [1.165, 1.54) is 41.1 Å². The van der Waals surface area contributed by atoms with Crippen LogP contribution in [0.15, 0.2) is 82.6 Å². The summed E-state index contributed by atoms with van der Waals surface area (Å²) < 4.78 is 52.4. The van der Waals surface area contributed by atoms with Crippen LogP contribution in [0.3, 0.4) is 0 Å². The molecule has 0 bridgehead atoms. The summed E-state index contributed by atoms with van der Waals surface area (Å²) in [7, 11) is -5.57. The van der Waals surface area contributed by atoms with Crippen LogP contribution in [-0.4, -0.2) is 76.4 Å². The Kier molecular flexibility index (Phi) is 7.47. The molecule has 0 radical (unpaired) electrons. The van der Waals surface area contributed by atoms with Gasteiger partial charge in [-0.3, -0.25) is 4.79 Å². The number of para-hydroxylation sites is 1. The van der Waals surface area contributed by atoms with Gasteiger partial charge in [-0.15, -0.1) is 0 Å². The second-order valence-electron chi connectivity index (χ2n) is 9.42. The second kappa shape index (κ2) is 10.7. The van der Waals surface area contributed by atoms with E-state index >= 15 is 0 Å². The van der Waals surface area contributed by atoms with E-state index in [2.05, 4.69) is 9.88 Å². The summed E-state index contributed by atoms with van der Waals surface area (Å²) in [5.41, 5.74) is 1.78. The molecule has 1 aliphatic rings. The Hall–Kier alpha value is -3.32. The monoisotopic (exact) mass is 584 g/mol. The van der Waals surface area contributed by atoms with Gasteiger partial charge in [-0.1, -0.05) is 47.7 Å². The molecule has 0 unspecified atom stereocenters. The van der Waals surface area contributed by atoms with Crippen LogP contribution in [0.4, 0.5) is 5.13 Å². The average molecular weight is 585 g/mol. The molecule has 3 aromatic carbocycles. The fraction of sp³-hybridized carbons (Fsp3) is 0.259. The number of hydrogen-bond acceptors (Lipinski definition) is 8. The van der Waals surface area contributed by atoms with Crippen LogP contribution in [-0.2, 0) is 26.4 Å². The minimum absolute atomic E-state index is 0.131. The van der Waals surface area contributed by atoms with E-state index in [0.29, 0.717) is 37.3 Å². The molecule has 2 heterocycles. The first-order chi connectivity index (χ1) is 18.5. The standard InChI is InChI=1S/C27H28N4O5S3/c1-29(19-20-7-4-3-5-8-20)39(35,36)22-13-11-21(12-14-22)26(32)30-15-17-31(18-16-30)27-28-25-23(37-27)9-6-10-24(25)38(2,33)34/h3-14H,15-19H2,1-2H3. The van der Waals surface area contributed by atoms with E-state index in [0.717, 1.165) is 15.4 Å². The van der Waals surface area contributed by atoms with Crippen molar-refractivity contribution in [2.45, 2.75) is 16.3 Å². The third kappa shape index (κ3) is 5.69. The quantitative estimate of drug-likeness (QED) is 0.327. The van der Waals surface area contributed by atoms with Crippen molar-refractivity contribution in [1.82, 2.24) is 14.2 Å². The Labute approximate surface area is 232 Å². The molecular weight excluding hydrogens is 557 g/mol. The Balaban J connectivity index is 1.24. The SMILES string of the molecule is CN(Cc1ccccc1)S(=O)(=O)c1ccc(C(=O)N2CCN(c3nc4c(S(C)(=O)=O)cccc4s3)CC2)cc1. The van der Waals surface area contributed by atoms with Crippen LogP contribution in [0.1, 0.15) is 15.9 Å². The molecule has 0 N–H and O–H groups in total. The summed E-state index contributed by atoms with van der Waals surface area (Å²) in [6.07, 6.45) is 1.18. The predicted octanol–water partition coefficient (Wildman–Crippen LogP) is 3.48. The van der Waals surface area contributed by atoms with Crippen LogP contribution < -0.4 is 4.90 Å². The zero-order chi connectivity index (χ0) is 27.8. The van der Waals surface area contributed by atoms with Crippen molar-refractivity contribution < 1.29 is 21.6 Å². The van der Waals surface area contributed by atoms with Crippen molar-refractivity contribution in [3.63, 3.8) is 0 Å². The maximum Gasteiger partial charge on any atom is 0.253 e. The number of fused-ring (bicyclic) bond motifs is 1. The highest BCUT2D eigenvalue weighted by Gasteiger charge is 2.26. The molecule has 4 aromatic rings. The largest absolute Gasteiger partial charge is 0.345 e. The lowest BCUT2D eigenvalue weighted by molar-refractivity contribution is 0.0746. The van der Waals surface area contributed by atoms with E-state index in [4.69, 9.17) is 0 Å². The number of carbonyl (C=O) groups excluding carboxylic acids is 1. The number of nitrogens with zero attached hydrogens (tertiary/aromatic N) is 4. The molecular formula is C27H28N4O5S3. The number of rotatable bonds is 7. The summed E-state index contributed by atoms with van der Waals surface area (Å²) >= 11 is 1.43. The van der Waals surface area contributed by atoms with E-state index in [9.17, 15) is 21.6 Å². The summed E-state index contributed by atoms with van der Waals surface area (Å²) in [6.45, 7) is 2.28. The van der Waals surface area contributed by atoms with Gasteiger partial charge in [0.15, 0.2) is 15.0 Å². The van der Waals surface area contributed by atoms with Crippen molar-refractivity contribution in [2.75, 3.05) is 44.4 Å². The molecule has 39 heavy (non-hydrogen) atoms. The number of sulfonamides is 1. The summed E-state index contributed by atoms with van der Waals surface area (Å²) in [4.78, 5) is 21.9. The maximum absolute atomic E-state index is 13.1. The topological polar surface area (TPSA) is 108 Å². The summed E-state index contributed by atoms with van der Waals surface area (Å²) in [5.74, 6) is -0.167. The first-order valence-corrected chi connectivity index (χ1v) is 16.4. The lowest BCUT2D eigenvalue weighted by Gasteiger charge is -2.34. The van der Waals surface area contributed by atoms with Crippen LogP contribution >= 0.6 is 11.3 Å². The first kappa shape index (κ1) is 27.3. The summed E-state index contributed by atoms with van der Waals surface area (Å²) in [5, 5.41) is 0.724. The van der Waals surface area contributed by atoms with Crippen LogP contribution in [0.25, 0.3) is 10.2 Å². The number of thiazole rings is 1. The van der Waals surface area contributed by atoms with Crippen molar-refractivity contribution in [3.05, 3.63) is 83.9 Å². The molecule has 1 aliphatic heterocycles. The van der Waals surface area contributed by atoms with Crippen molar-refractivity contribution in [1.29, 1.82) is 0 Å². The van der Waals surface area contributed by atoms with Crippen LogP contribution in [0.2, 0.25) is 0 Å². The van der Waals surface area contributed by atoms with Crippen LogP contribution in [0, 0.1) is 0 Å². The summed E-state index contributed by atoms with van der Waals surface area (Å²) in [6, 6.07) is 20.5. The zero-order valence-electron chi connectivity index (χ0n) is 21.5. The molecule has 1 amide bonds. The molecule has 1 saturated heterocycles. The minimum atomic E-state index is -3.71.